The highest BCUT2D eigenvalue weighted by Gasteiger charge is 2.20. The van der Waals surface area contributed by atoms with Crippen LogP contribution in [0.5, 0.6) is 0 Å². The number of aromatic nitrogens is 1. The number of carbonyl (C=O) groups excluding carboxylic acids is 1. The van der Waals surface area contributed by atoms with E-state index in [1.165, 1.54) is 0 Å². The van der Waals surface area contributed by atoms with Gasteiger partial charge in [-0.05, 0) is 28.9 Å². The normalized spacial score (nSPS) is 10.7. The lowest BCUT2D eigenvalue weighted by atomic mass is 10.1. The number of aromatic amines is 1. The van der Waals surface area contributed by atoms with Gasteiger partial charge in [0.15, 0.2) is 5.82 Å². The second-order valence-corrected chi connectivity index (χ2v) is 4.51. The Hall–Kier alpha value is -1.76. The zero-order valence-corrected chi connectivity index (χ0v) is 11.3. The summed E-state index contributed by atoms with van der Waals surface area (Å²) in [5, 5.41) is -0.516. The van der Waals surface area contributed by atoms with Gasteiger partial charge >= 0.3 is 5.97 Å². The van der Waals surface area contributed by atoms with Gasteiger partial charge in [0.25, 0.3) is 0 Å². The van der Waals surface area contributed by atoms with Crippen molar-refractivity contribution in [2.24, 2.45) is 0 Å². The van der Waals surface area contributed by atoms with E-state index in [1.807, 2.05) is 0 Å². The first kappa shape index (κ1) is 13.7. The van der Waals surface area contributed by atoms with Gasteiger partial charge < -0.3 is 9.72 Å². The van der Waals surface area contributed by atoms with Gasteiger partial charge in [-0.1, -0.05) is 0 Å². The first-order valence-corrected chi connectivity index (χ1v) is 6.12. The monoisotopic (exact) mass is 331 g/mol. The lowest BCUT2D eigenvalue weighted by Gasteiger charge is -2.06. The molecular weight excluding hydrogens is 324 g/mol. The average Bonchev–Trinajstić information content (AvgIpc) is 2.36. The third-order valence-electron chi connectivity index (χ3n) is 2.50. The van der Waals surface area contributed by atoms with Crippen LogP contribution in [0.4, 0.5) is 8.78 Å². The molecule has 0 amide bonds. The SMILES string of the molecule is CCOC(=O)c1c[nH]c2c(F)cc(Br)c(F)c2c1=O. The van der Waals surface area contributed by atoms with Gasteiger partial charge in [-0.3, -0.25) is 4.79 Å². The van der Waals surface area contributed by atoms with E-state index in [9.17, 15) is 18.4 Å². The number of esters is 1. The largest absolute Gasteiger partial charge is 0.462 e. The Labute approximate surface area is 114 Å². The van der Waals surface area contributed by atoms with Crippen LogP contribution in [0.25, 0.3) is 10.9 Å². The molecule has 1 heterocycles. The number of ether oxygens (including phenoxy) is 1. The van der Waals surface area contributed by atoms with Gasteiger partial charge in [-0.2, -0.15) is 0 Å². The van der Waals surface area contributed by atoms with Gasteiger partial charge in [0, 0.05) is 6.20 Å². The van der Waals surface area contributed by atoms with Crippen molar-refractivity contribution >= 4 is 32.8 Å². The second kappa shape index (κ2) is 5.08. The number of rotatable bonds is 2. The molecule has 0 bridgehead atoms. The molecular formula is C12H8BrF2NO3. The predicted octanol–water partition coefficient (Wildman–Crippen LogP) is 2.75. The Morgan fingerprint density at radius 3 is 2.79 bits per heavy atom. The van der Waals surface area contributed by atoms with Crippen LogP contribution in [-0.2, 0) is 4.74 Å². The van der Waals surface area contributed by atoms with Crippen LogP contribution in [-0.4, -0.2) is 17.6 Å². The average molecular weight is 332 g/mol. The van der Waals surface area contributed by atoms with Crippen molar-refractivity contribution in [1.29, 1.82) is 0 Å². The zero-order valence-electron chi connectivity index (χ0n) is 9.72. The van der Waals surface area contributed by atoms with Crippen molar-refractivity contribution in [2.75, 3.05) is 6.61 Å². The summed E-state index contributed by atoms with van der Waals surface area (Å²) in [6.07, 6.45) is 1.01. The fourth-order valence-corrected chi connectivity index (χ4v) is 2.05. The molecule has 0 radical (unpaired) electrons. The number of pyridine rings is 1. The number of carbonyl (C=O) groups is 1. The Morgan fingerprint density at radius 2 is 2.16 bits per heavy atom. The lowest BCUT2D eigenvalue weighted by molar-refractivity contribution is 0.0524. The molecule has 2 rings (SSSR count). The molecule has 19 heavy (non-hydrogen) atoms. The summed E-state index contributed by atoms with van der Waals surface area (Å²) < 4.78 is 32.0. The maximum Gasteiger partial charge on any atom is 0.343 e. The number of H-pyrrole nitrogens is 1. The molecule has 0 saturated carbocycles. The van der Waals surface area contributed by atoms with Gasteiger partial charge in [0.2, 0.25) is 5.43 Å². The minimum atomic E-state index is -0.927. The Balaban J connectivity index is 2.82. The van der Waals surface area contributed by atoms with Crippen molar-refractivity contribution in [3.63, 3.8) is 0 Å². The smallest absolute Gasteiger partial charge is 0.343 e. The van der Waals surface area contributed by atoms with E-state index < -0.39 is 28.4 Å². The molecule has 0 spiro atoms. The highest BCUT2D eigenvalue weighted by Crippen LogP contribution is 2.24. The highest BCUT2D eigenvalue weighted by atomic mass is 79.9. The van der Waals surface area contributed by atoms with Crippen molar-refractivity contribution in [3.8, 4) is 0 Å². The first-order valence-electron chi connectivity index (χ1n) is 5.33. The molecule has 0 atom stereocenters. The van der Waals surface area contributed by atoms with Crippen molar-refractivity contribution < 1.29 is 18.3 Å². The van der Waals surface area contributed by atoms with Crippen LogP contribution in [0.2, 0.25) is 0 Å². The number of nitrogens with one attached hydrogen (secondary N) is 1. The topological polar surface area (TPSA) is 59.2 Å². The quantitative estimate of drug-likeness (QED) is 0.680. The minimum absolute atomic E-state index is 0.0750. The fraction of sp³-hybridized carbons (Fsp3) is 0.167. The van der Waals surface area contributed by atoms with Crippen molar-refractivity contribution in [2.45, 2.75) is 6.92 Å². The van der Waals surface area contributed by atoms with E-state index in [4.69, 9.17) is 0 Å². The van der Waals surface area contributed by atoms with Crippen molar-refractivity contribution in [1.82, 2.24) is 4.98 Å². The molecule has 0 aliphatic rings. The summed E-state index contributed by atoms with van der Waals surface area (Å²) in [5.74, 6) is -2.61. The minimum Gasteiger partial charge on any atom is -0.462 e. The Morgan fingerprint density at radius 1 is 1.47 bits per heavy atom. The molecule has 0 unspecified atom stereocenters. The summed E-state index contributed by atoms with van der Waals surface area (Å²) in [6.45, 7) is 1.65. The number of fused-ring (bicyclic) bond motifs is 1. The van der Waals surface area contributed by atoms with Crippen LogP contribution < -0.4 is 5.43 Å². The molecule has 1 aromatic heterocycles. The molecule has 0 fully saturated rings. The second-order valence-electron chi connectivity index (χ2n) is 3.66. The molecule has 1 N–H and O–H groups in total. The van der Waals surface area contributed by atoms with Crippen molar-refractivity contribution in [3.05, 3.63) is 44.2 Å². The molecule has 0 saturated heterocycles. The maximum absolute atomic E-state index is 13.9. The summed E-state index contributed by atoms with van der Waals surface area (Å²) >= 11 is 2.81. The van der Waals surface area contributed by atoms with Gasteiger partial charge in [0.1, 0.15) is 11.4 Å². The number of benzene rings is 1. The van der Waals surface area contributed by atoms with Gasteiger partial charge in [-0.25, -0.2) is 13.6 Å². The molecule has 7 heteroatoms. The molecule has 4 nitrogen and oxygen atoms in total. The van der Waals surface area contributed by atoms with E-state index in [0.29, 0.717) is 0 Å². The van der Waals surface area contributed by atoms with Crippen LogP contribution in [0.15, 0.2) is 21.5 Å². The molecule has 0 aliphatic heterocycles. The number of halogens is 3. The Kier molecular flexibility index (Phi) is 3.66. The third-order valence-corrected chi connectivity index (χ3v) is 3.08. The van der Waals surface area contributed by atoms with E-state index in [2.05, 4.69) is 25.7 Å². The van der Waals surface area contributed by atoms with E-state index >= 15 is 0 Å². The van der Waals surface area contributed by atoms with Gasteiger partial charge in [-0.15, -0.1) is 0 Å². The van der Waals surface area contributed by atoms with Crippen LogP contribution in [0.1, 0.15) is 17.3 Å². The lowest BCUT2D eigenvalue weighted by Crippen LogP contribution is -2.19. The van der Waals surface area contributed by atoms with Crippen LogP contribution in [0.3, 0.4) is 0 Å². The van der Waals surface area contributed by atoms with E-state index in [1.54, 1.807) is 6.92 Å². The standard InChI is InChI=1S/C12H8BrF2NO3/c1-2-19-12(18)5-4-16-10-7(14)3-6(13)9(15)8(10)11(5)17/h3-4H,2H2,1H3,(H,16,17). The van der Waals surface area contributed by atoms with E-state index in [-0.39, 0.29) is 22.2 Å². The zero-order chi connectivity index (χ0) is 14.2. The highest BCUT2D eigenvalue weighted by molar-refractivity contribution is 9.10. The first-order chi connectivity index (χ1) is 8.97. The fourth-order valence-electron chi connectivity index (χ4n) is 1.65. The van der Waals surface area contributed by atoms with Crippen LogP contribution in [0, 0.1) is 11.6 Å². The molecule has 2 aromatic rings. The maximum atomic E-state index is 13.9. The molecule has 1 aromatic carbocycles. The van der Waals surface area contributed by atoms with E-state index in [0.717, 1.165) is 12.3 Å². The summed E-state index contributed by atoms with van der Waals surface area (Å²) in [7, 11) is 0. The summed E-state index contributed by atoms with van der Waals surface area (Å²) in [4.78, 5) is 25.9. The van der Waals surface area contributed by atoms with Gasteiger partial charge in [0.05, 0.1) is 22.0 Å². The number of hydrogen-bond donors (Lipinski definition) is 1. The Bertz CT molecular complexity index is 727. The van der Waals surface area contributed by atoms with Crippen LogP contribution >= 0.6 is 15.9 Å². The molecule has 0 aliphatic carbocycles. The molecule has 100 valence electrons. The summed E-state index contributed by atoms with van der Waals surface area (Å²) in [6, 6.07) is 0.900. The number of hydrogen-bond acceptors (Lipinski definition) is 3. The predicted molar refractivity (Wildman–Crippen MR) is 68.1 cm³/mol. The summed E-state index contributed by atoms with van der Waals surface area (Å²) in [5.41, 5.74) is -1.57. The third kappa shape index (κ3) is 2.25.